The summed E-state index contributed by atoms with van der Waals surface area (Å²) < 4.78 is 0. The summed E-state index contributed by atoms with van der Waals surface area (Å²) in [7, 11) is 3.89. The summed E-state index contributed by atoms with van der Waals surface area (Å²) >= 11 is 5.00. The molecule has 2 rings (SSSR count). The van der Waals surface area contributed by atoms with Crippen molar-refractivity contribution in [2.75, 3.05) is 25.5 Å². The zero-order valence-corrected chi connectivity index (χ0v) is 13.3. The van der Waals surface area contributed by atoms with E-state index in [2.05, 4.69) is 11.9 Å². The van der Waals surface area contributed by atoms with Crippen molar-refractivity contribution in [1.82, 2.24) is 10.2 Å². The summed E-state index contributed by atoms with van der Waals surface area (Å²) in [6.45, 7) is 3.85. The minimum absolute atomic E-state index is 0.0630. The predicted octanol–water partition coefficient (Wildman–Crippen LogP) is 1.57. The van der Waals surface area contributed by atoms with Gasteiger partial charge in [0.2, 0.25) is 0 Å². The highest BCUT2D eigenvalue weighted by atomic mass is 32.1. The molecule has 0 saturated carbocycles. The van der Waals surface area contributed by atoms with Crippen LogP contribution in [0.1, 0.15) is 5.56 Å². The van der Waals surface area contributed by atoms with Gasteiger partial charge in [0.1, 0.15) is 5.57 Å². The van der Waals surface area contributed by atoms with E-state index in [0.717, 1.165) is 11.3 Å². The number of nitrogens with zero attached hydrogens (tertiary/aromatic N) is 2. The molecule has 2 amide bonds. The number of amides is 2. The van der Waals surface area contributed by atoms with Gasteiger partial charge in [-0.25, -0.2) is 0 Å². The molecule has 0 aliphatic carbocycles. The van der Waals surface area contributed by atoms with E-state index in [4.69, 9.17) is 12.2 Å². The fourth-order valence-corrected chi connectivity index (χ4v) is 2.27. The van der Waals surface area contributed by atoms with Gasteiger partial charge in [-0.1, -0.05) is 18.2 Å². The average Bonchev–Trinajstić information content (AvgIpc) is 2.48. The molecule has 1 aliphatic rings. The van der Waals surface area contributed by atoms with E-state index in [1.54, 1.807) is 12.2 Å². The number of benzene rings is 1. The first-order valence-electron chi connectivity index (χ1n) is 6.71. The van der Waals surface area contributed by atoms with E-state index in [1.807, 2.05) is 43.3 Å². The van der Waals surface area contributed by atoms with Gasteiger partial charge in [0.15, 0.2) is 5.11 Å². The zero-order valence-electron chi connectivity index (χ0n) is 12.5. The Balaban J connectivity index is 2.32. The van der Waals surface area contributed by atoms with Crippen molar-refractivity contribution in [3.05, 3.63) is 48.1 Å². The van der Waals surface area contributed by atoms with Crippen LogP contribution in [0.25, 0.3) is 6.08 Å². The van der Waals surface area contributed by atoms with Crippen LogP contribution in [0.3, 0.4) is 0 Å². The molecule has 114 valence electrons. The number of hydrogen-bond donors (Lipinski definition) is 1. The molecule has 5 nitrogen and oxygen atoms in total. The molecule has 0 radical (unpaired) electrons. The zero-order chi connectivity index (χ0) is 16.3. The Kier molecular flexibility index (Phi) is 4.72. The number of rotatable bonds is 4. The average molecular weight is 315 g/mol. The second kappa shape index (κ2) is 6.53. The Morgan fingerprint density at radius 1 is 1.27 bits per heavy atom. The summed E-state index contributed by atoms with van der Waals surface area (Å²) in [5.74, 6) is -0.891. The monoisotopic (exact) mass is 315 g/mol. The molecule has 0 atom stereocenters. The van der Waals surface area contributed by atoms with Crippen LogP contribution in [0.2, 0.25) is 0 Å². The van der Waals surface area contributed by atoms with Crippen molar-refractivity contribution in [3.8, 4) is 0 Å². The Hall–Kier alpha value is -2.47. The highest BCUT2D eigenvalue weighted by molar-refractivity contribution is 7.80. The highest BCUT2D eigenvalue weighted by Gasteiger charge is 2.32. The van der Waals surface area contributed by atoms with Crippen LogP contribution in [-0.4, -0.2) is 42.5 Å². The quantitative estimate of drug-likeness (QED) is 0.397. The van der Waals surface area contributed by atoms with Crippen LogP contribution >= 0.6 is 12.2 Å². The molecule has 0 unspecified atom stereocenters. The van der Waals surface area contributed by atoms with Crippen LogP contribution in [0, 0.1) is 0 Å². The molecule has 1 aromatic rings. The van der Waals surface area contributed by atoms with Gasteiger partial charge >= 0.3 is 0 Å². The van der Waals surface area contributed by atoms with E-state index in [9.17, 15) is 9.59 Å². The molecule has 1 saturated heterocycles. The lowest BCUT2D eigenvalue weighted by Crippen LogP contribution is -2.53. The Bertz CT molecular complexity index is 662. The number of thiocarbonyl (C=S) groups is 1. The second-order valence-electron chi connectivity index (χ2n) is 5.01. The standard InChI is InChI=1S/C16H17N3O2S/c1-4-9-19-15(21)13(14(20)17-16(19)22)10-11-5-7-12(8-6-11)18(2)3/h4-8,10H,1,9H2,2-3H3,(H,17,20,22)/b13-10+. The molecule has 1 aromatic carbocycles. The Labute approximate surface area is 134 Å². The summed E-state index contributed by atoms with van der Waals surface area (Å²) in [5.41, 5.74) is 1.87. The third-order valence-electron chi connectivity index (χ3n) is 3.22. The second-order valence-corrected chi connectivity index (χ2v) is 5.39. The highest BCUT2D eigenvalue weighted by Crippen LogP contribution is 2.17. The van der Waals surface area contributed by atoms with Crippen molar-refractivity contribution < 1.29 is 9.59 Å². The maximum Gasteiger partial charge on any atom is 0.265 e. The fraction of sp³-hybridized carbons (Fsp3) is 0.188. The topological polar surface area (TPSA) is 52.7 Å². The number of hydrogen-bond acceptors (Lipinski definition) is 4. The van der Waals surface area contributed by atoms with Crippen LogP contribution in [0.4, 0.5) is 5.69 Å². The van der Waals surface area contributed by atoms with Crippen molar-refractivity contribution in [1.29, 1.82) is 0 Å². The number of anilines is 1. The molecule has 0 bridgehead atoms. The van der Waals surface area contributed by atoms with Gasteiger partial charge in [-0.05, 0) is 36.0 Å². The molecule has 1 N–H and O–H groups in total. The molecule has 1 heterocycles. The molecule has 1 fully saturated rings. The van der Waals surface area contributed by atoms with Crippen LogP contribution in [-0.2, 0) is 9.59 Å². The summed E-state index contributed by atoms with van der Waals surface area (Å²) in [5, 5.41) is 2.62. The smallest absolute Gasteiger partial charge is 0.265 e. The molecular weight excluding hydrogens is 298 g/mol. The van der Waals surface area contributed by atoms with Gasteiger partial charge in [0.25, 0.3) is 11.8 Å². The maximum atomic E-state index is 12.4. The van der Waals surface area contributed by atoms with Gasteiger partial charge in [0, 0.05) is 26.3 Å². The molecule has 0 spiro atoms. The molecule has 1 aliphatic heterocycles. The fourth-order valence-electron chi connectivity index (χ4n) is 2.02. The summed E-state index contributed by atoms with van der Waals surface area (Å²) in [6, 6.07) is 7.55. The lowest BCUT2D eigenvalue weighted by molar-refractivity contribution is -0.128. The Morgan fingerprint density at radius 2 is 1.91 bits per heavy atom. The van der Waals surface area contributed by atoms with Crippen molar-refractivity contribution in [3.63, 3.8) is 0 Å². The van der Waals surface area contributed by atoms with E-state index in [-0.39, 0.29) is 17.2 Å². The minimum atomic E-state index is -0.480. The van der Waals surface area contributed by atoms with Crippen LogP contribution in [0.15, 0.2) is 42.5 Å². The molecule has 6 heteroatoms. The van der Waals surface area contributed by atoms with E-state index in [1.165, 1.54) is 4.90 Å². The van der Waals surface area contributed by atoms with Crippen LogP contribution in [0.5, 0.6) is 0 Å². The van der Waals surface area contributed by atoms with E-state index in [0.29, 0.717) is 0 Å². The van der Waals surface area contributed by atoms with E-state index >= 15 is 0 Å². The maximum absolute atomic E-state index is 12.4. The van der Waals surface area contributed by atoms with Gasteiger partial charge in [-0.15, -0.1) is 6.58 Å². The van der Waals surface area contributed by atoms with Gasteiger partial charge < -0.3 is 4.90 Å². The van der Waals surface area contributed by atoms with Gasteiger partial charge in [-0.3, -0.25) is 19.8 Å². The molecular formula is C16H17N3O2S. The number of carbonyl (C=O) groups excluding carboxylic acids is 2. The first-order chi connectivity index (χ1) is 10.4. The SMILES string of the molecule is C=CCN1C(=O)/C(=C/c2ccc(N(C)C)cc2)C(=O)NC1=S. The van der Waals surface area contributed by atoms with Crippen molar-refractivity contribution in [2.24, 2.45) is 0 Å². The van der Waals surface area contributed by atoms with E-state index < -0.39 is 11.8 Å². The normalized spacial score (nSPS) is 16.7. The summed E-state index contributed by atoms with van der Waals surface area (Å²) in [4.78, 5) is 27.6. The number of nitrogens with one attached hydrogen (secondary N) is 1. The molecule has 22 heavy (non-hydrogen) atoms. The lowest BCUT2D eigenvalue weighted by atomic mass is 10.1. The third-order valence-corrected chi connectivity index (χ3v) is 3.54. The molecule has 0 aromatic heterocycles. The largest absolute Gasteiger partial charge is 0.378 e. The third kappa shape index (κ3) is 3.23. The summed E-state index contributed by atoms with van der Waals surface area (Å²) in [6.07, 6.45) is 3.13. The van der Waals surface area contributed by atoms with Crippen molar-refractivity contribution >= 4 is 40.9 Å². The van der Waals surface area contributed by atoms with Gasteiger partial charge in [-0.2, -0.15) is 0 Å². The van der Waals surface area contributed by atoms with Crippen molar-refractivity contribution in [2.45, 2.75) is 0 Å². The van der Waals surface area contributed by atoms with Gasteiger partial charge in [0.05, 0.1) is 0 Å². The predicted molar refractivity (Wildman–Crippen MR) is 91.4 cm³/mol. The first-order valence-corrected chi connectivity index (χ1v) is 7.12. The number of carbonyl (C=O) groups is 2. The minimum Gasteiger partial charge on any atom is -0.378 e. The van der Waals surface area contributed by atoms with Crippen LogP contribution < -0.4 is 10.2 Å². The lowest BCUT2D eigenvalue weighted by Gasteiger charge is -2.27. The first kappa shape index (κ1) is 15.9. The Morgan fingerprint density at radius 3 is 2.45 bits per heavy atom.